The second kappa shape index (κ2) is 13.4. The zero-order valence-corrected chi connectivity index (χ0v) is 38.5. The summed E-state index contributed by atoms with van der Waals surface area (Å²) in [6, 6.07) is 69.8. The van der Waals surface area contributed by atoms with Gasteiger partial charge in [0.05, 0.1) is 11.1 Å². The van der Waals surface area contributed by atoms with E-state index in [1.807, 2.05) is 0 Å². The van der Waals surface area contributed by atoms with Crippen molar-refractivity contribution in [2.45, 2.75) is 88.1 Å². The molecular formula is C62H54BN3. The van der Waals surface area contributed by atoms with E-state index in [1.54, 1.807) is 0 Å². The van der Waals surface area contributed by atoms with Crippen LogP contribution in [0.4, 0.5) is 39.8 Å². The molecule has 66 heavy (non-hydrogen) atoms. The highest BCUT2D eigenvalue weighted by atomic mass is 15.3. The fourth-order valence-corrected chi connectivity index (χ4v) is 14.6. The van der Waals surface area contributed by atoms with E-state index in [4.69, 9.17) is 0 Å². The predicted octanol–water partition coefficient (Wildman–Crippen LogP) is 13.6. The molecule has 4 heterocycles. The van der Waals surface area contributed by atoms with Gasteiger partial charge in [-0.05, 0) is 137 Å². The van der Waals surface area contributed by atoms with Crippen molar-refractivity contribution in [2.75, 3.05) is 14.7 Å². The predicted molar refractivity (Wildman–Crippen MR) is 278 cm³/mol. The fraction of sp³-hybridized carbons (Fsp3) is 0.226. The van der Waals surface area contributed by atoms with E-state index < -0.39 is 0 Å². The Balaban J connectivity index is 1.09. The largest absolute Gasteiger partial charge is 0.335 e. The zero-order valence-electron chi connectivity index (χ0n) is 38.5. The van der Waals surface area contributed by atoms with Crippen molar-refractivity contribution in [3.8, 4) is 22.3 Å². The Morgan fingerprint density at radius 1 is 0.424 bits per heavy atom. The minimum atomic E-state index is -0.322. The number of hydrogen-bond acceptors (Lipinski definition) is 3. The summed E-state index contributed by atoms with van der Waals surface area (Å²) in [5.41, 5.74) is 23.8. The lowest BCUT2D eigenvalue weighted by Crippen LogP contribution is -2.64. The van der Waals surface area contributed by atoms with Crippen LogP contribution < -0.4 is 31.1 Å². The molecule has 8 aromatic rings. The summed E-state index contributed by atoms with van der Waals surface area (Å²) in [4.78, 5) is 8.32. The molecule has 4 atom stereocenters. The van der Waals surface area contributed by atoms with Crippen LogP contribution in [-0.2, 0) is 22.8 Å². The molecule has 0 radical (unpaired) electrons. The van der Waals surface area contributed by atoms with Crippen molar-refractivity contribution < 1.29 is 0 Å². The van der Waals surface area contributed by atoms with Gasteiger partial charge in [-0.25, -0.2) is 0 Å². The summed E-state index contributed by atoms with van der Waals surface area (Å²) in [7, 11) is 0. The molecule has 2 aliphatic carbocycles. The first kappa shape index (κ1) is 38.5. The normalized spacial score (nSPS) is 24.7. The first-order valence-electron chi connectivity index (χ1n) is 24.5. The molecule has 320 valence electrons. The van der Waals surface area contributed by atoms with Gasteiger partial charge in [0.25, 0.3) is 6.71 Å². The molecule has 0 amide bonds. The van der Waals surface area contributed by atoms with E-state index >= 15 is 0 Å². The first-order valence-corrected chi connectivity index (χ1v) is 24.5. The van der Waals surface area contributed by atoms with E-state index in [9.17, 15) is 0 Å². The van der Waals surface area contributed by atoms with Crippen molar-refractivity contribution in [1.29, 1.82) is 0 Å². The van der Waals surface area contributed by atoms with Crippen LogP contribution in [0.15, 0.2) is 182 Å². The Labute approximate surface area is 390 Å². The third kappa shape index (κ3) is 4.75. The number of benzene rings is 8. The Hall–Kier alpha value is -6.78. The van der Waals surface area contributed by atoms with Gasteiger partial charge < -0.3 is 14.7 Å². The fourth-order valence-electron chi connectivity index (χ4n) is 14.6. The number of anilines is 7. The highest BCUT2D eigenvalue weighted by Crippen LogP contribution is 2.66. The van der Waals surface area contributed by atoms with E-state index in [0.717, 1.165) is 19.3 Å². The van der Waals surface area contributed by atoms with Crippen LogP contribution in [0.25, 0.3) is 22.3 Å². The van der Waals surface area contributed by atoms with Gasteiger partial charge in [0.1, 0.15) is 0 Å². The van der Waals surface area contributed by atoms with Gasteiger partial charge in [-0.3, -0.25) is 0 Å². The maximum Gasteiger partial charge on any atom is 0.252 e. The number of aryl methyl sites for hydroxylation is 1. The first-order chi connectivity index (χ1) is 32.2. The second-order valence-electron chi connectivity index (χ2n) is 21.0. The van der Waals surface area contributed by atoms with Crippen LogP contribution in [0.1, 0.15) is 82.1 Å². The minimum Gasteiger partial charge on any atom is -0.335 e. The average molecular weight is 852 g/mol. The van der Waals surface area contributed by atoms with Crippen LogP contribution in [0, 0.1) is 0 Å². The summed E-state index contributed by atoms with van der Waals surface area (Å²) in [5.74, 6) is 0. The third-order valence-electron chi connectivity index (χ3n) is 18.2. The number of nitrogens with zero attached hydrogens (tertiary/aromatic N) is 3. The minimum absolute atomic E-state index is 0.0156. The molecule has 1 fully saturated rings. The van der Waals surface area contributed by atoms with E-state index in [2.05, 4.69) is 224 Å². The van der Waals surface area contributed by atoms with E-state index in [1.165, 1.54) is 120 Å². The highest BCUT2D eigenvalue weighted by molar-refractivity contribution is 7.00. The number of fused-ring (bicyclic) bond motifs is 12. The van der Waals surface area contributed by atoms with Crippen molar-refractivity contribution in [1.82, 2.24) is 0 Å². The molecule has 0 saturated heterocycles. The molecule has 6 aliphatic rings. The maximum atomic E-state index is 2.90. The topological polar surface area (TPSA) is 9.72 Å². The Bertz CT molecular complexity index is 3310. The van der Waals surface area contributed by atoms with Crippen LogP contribution in [0.5, 0.6) is 0 Å². The zero-order chi connectivity index (χ0) is 44.2. The van der Waals surface area contributed by atoms with Crippen molar-refractivity contribution in [3.05, 3.63) is 204 Å². The molecule has 0 spiro atoms. The van der Waals surface area contributed by atoms with Gasteiger partial charge in [0.2, 0.25) is 0 Å². The summed E-state index contributed by atoms with van der Waals surface area (Å²) in [6.07, 6.45) is 7.06. The van der Waals surface area contributed by atoms with E-state index in [0.29, 0.717) is 0 Å². The van der Waals surface area contributed by atoms with Gasteiger partial charge in [-0.15, -0.1) is 0 Å². The van der Waals surface area contributed by atoms with Crippen LogP contribution in [0.3, 0.4) is 0 Å². The number of rotatable bonds is 4. The average Bonchev–Trinajstić information content (AvgIpc) is 3.71. The lowest BCUT2D eigenvalue weighted by atomic mass is 9.33. The van der Waals surface area contributed by atoms with Crippen molar-refractivity contribution in [3.63, 3.8) is 0 Å². The van der Waals surface area contributed by atoms with Crippen molar-refractivity contribution in [2.24, 2.45) is 0 Å². The van der Waals surface area contributed by atoms with E-state index in [-0.39, 0.29) is 28.6 Å². The smallest absolute Gasteiger partial charge is 0.252 e. The molecule has 4 aliphatic heterocycles. The lowest BCUT2D eigenvalue weighted by molar-refractivity contribution is 0.195. The lowest BCUT2D eigenvalue weighted by Gasteiger charge is -2.54. The molecule has 4 unspecified atom stereocenters. The number of para-hydroxylation sites is 2. The standard InChI is InChI=1S/C62H54BN3/c1-59-35-15-16-36-61(59,3)66-56-40-47(65-53-27-14-13-24-49(53)60(2)37-34-44-22-11-12-23-48(44)62(60,65)4)39-55-57(56)63(51-26-17-25-50(59)58(51)66)52-38-45(42-20-9-6-10-21-42)30-33-54(52)64(55)46-31-28-43(29-32-46)41-18-7-5-8-19-41/h5-14,17-33,38-40H,15-16,34-37H2,1-4H3. The second-order valence-corrected chi connectivity index (χ2v) is 21.0. The summed E-state index contributed by atoms with van der Waals surface area (Å²) in [5, 5.41) is 0. The molecule has 1 saturated carbocycles. The Morgan fingerprint density at radius 2 is 1.06 bits per heavy atom. The number of hydrogen-bond donors (Lipinski definition) is 0. The third-order valence-corrected chi connectivity index (χ3v) is 18.2. The quantitative estimate of drug-likeness (QED) is 0.163. The summed E-state index contributed by atoms with van der Waals surface area (Å²) < 4.78 is 0. The Morgan fingerprint density at radius 3 is 1.85 bits per heavy atom. The molecule has 0 N–H and O–H groups in total. The molecule has 8 aromatic carbocycles. The highest BCUT2D eigenvalue weighted by Gasteiger charge is 2.63. The van der Waals surface area contributed by atoms with Crippen LogP contribution in [-0.4, -0.2) is 12.3 Å². The maximum absolute atomic E-state index is 2.90. The molecule has 0 aromatic heterocycles. The summed E-state index contributed by atoms with van der Waals surface area (Å²) in [6.45, 7) is 10.4. The van der Waals surface area contributed by atoms with Crippen LogP contribution >= 0.6 is 0 Å². The Kier molecular flexibility index (Phi) is 7.82. The molecule has 14 rings (SSSR count). The molecule has 3 nitrogen and oxygen atoms in total. The van der Waals surface area contributed by atoms with Gasteiger partial charge >= 0.3 is 0 Å². The molecule has 0 bridgehead atoms. The molecular weight excluding hydrogens is 798 g/mol. The monoisotopic (exact) mass is 851 g/mol. The van der Waals surface area contributed by atoms with Gasteiger partial charge in [-0.1, -0.05) is 172 Å². The molecule has 4 heteroatoms. The van der Waals surface area contributed by atoms with Crippen molar-refractivity contribution >= 4 is 62.9 Å². The van der Waals surface area contributed by atoms with Gasteiger partial charge in [-0.2, -0.15) is 0 Å². The van der Waals surface area contributed by atoms with Gasteiger partial charge in [0, 0.05) is 50.6 Å². The van der Waals surface area contributed by atoms with Crippen LogP contribution in [0.2, 0.25) is 0 Å². The summed E-state index contributed by atoms with van der Waals surface area (Å²) >= 11 is 0. The van der Waals surface area contributed by atoms with Gasteiger partial charge in [0.15, 0.2) is 0 Å². The SMILES string of the molecule is CC12CCCCC1(C)N1c3cc(N4c5ccccc5C5(C)CCc6ccccc6C45C)cc4c3B(c3cc(-c5ccccc5)ccc3N4c3ccc(-c4ccccc4)cc3)c3cccc2c31.